The molecular weight excluding hydrogens is 258 g/mol. The molecule has 2 aromatic rings. The monoisotopic (exact) mass is 277 g/mol. The van der Waals surface area contributed by atoms with Crippen molar-refractivity contribution in [3.8, 4) is 0 Å². The normalized spacial score (nSPS) is 12.6. The van der Waals surface area contributed by atoms with E-state index in [-0.39, 0.29) is 6.04 Å². The van der Waals surface area contributed by atoms with E-state index < -0.39 is 0 Å². The third-order valence-corrected chi connectivity index (χ3v) is 3.56. The molecule has 0 aliphatic carbocycles. The lowest BCUT2D eigenvalue weighted by atomic mass is 10.1. The average molecular weight is 277 g/mol. The Bertz CT molecular complexity index is 510. The van der Waals surface area contributed by atoms with Crippen LogP contribution in [0.5, 0.6) is 0 Å². The summed E-state index contributed by atoms with van der Waals surface area (Å²) >= 11 is 1.77. The first-order chi connectivity index (χ1) is 9.19. The second-order valence-electron chi connectivity index (χ2n) is 4.60. The second-order valence-corrected chi connectivity index (χ2v) is 5.58. The molecule has 19 heavy (non-hydrogen) atoms. The maximum atomic E-state index is 6.00. The van der Waals surface area contributed by atoms with Crippen LogP contribution in [0.3, 0.4) is 0 Å². The van der Waals surface area contributed by atoms with Crippen molar-refractivity contribution < 1.29 is 4.52 Å². The van der Waals surface area contributed by atoms with Gasteiger partial charge in [0.25, 0.3) is 0 Å². The number of thioether (sulfide) groups is 1. The number of hydrogen-bond donors (Lipinski definition) is 1. The van der Waals surface area contributed by atoms with Crippen molar-refractivity contribution in [2.75, 3.05) is 12.0 Å². The lowest BCUT2D eigenvalue weighted by Gasteiger charge is -2.03. The summed E-state index contributed by atoms with van der Waals surface area (Å²) in [7, 11) is 0. The van der Waals surface area contributed by atoms with Crippen molar-refractivity contribution in [1.29, 1.82) is 0 Å². The predicted octanol–water partition coefficient (Wildman–Crippen LogP) is 2.72. The summed E-state index contributed by atoms with van der Waals surface area (Å²) in [5.41, 5.74) is 8.42. The molecule has 0 saturated carbocycles. The fourth-order valence-electron chi connectivity index (χ4n) is 1.75. The van der Waals surface area contributed by atoms with Gasteiger partial charge in [-0.05, 0) is 30.9 Å². The average Bonchev–Trinajstić information content (AvgIpc) is 2.87. The first-order valence-electron chi connectivity index (χ1n) is 6.31. The Hall–Kier alpha value is -1.33. The zero-order chi connectivity index (χ0) is 13.7. The minimum absolute atomic E-state index is 0.160. The fourth-order valence-corrected chi connectivity index (χ4v) is 2.24. The van der Waals surface area contributed by atoms with Crippen molar-refractivity contribution in [1.82, 2.24) is 10.1 Å². The first kappa shape index (κ1) is 14.1. The number of rotatable bonds is 6. The molecule has 2 rings (SSSR count). The molecule has 0 spiro atoms. The number of nitrogens with zero attached hydrogens (tertiary/aromatic N) is 2. The summed E-state index contributed by atoms with van der Waals surface area (Å²) in [4.78, 5) is 4.37. The van der Waals surface area contributed by atoms with Gasteiger partial charge in [-0.15, -0.1) is 0 Å². The van der Waals surface area contributed by atoms with E-state index in [0.29, 0.717) is 18.1 Å². The number of aryl methyl sites for hydroxylation is 1. The highest BCUT2D eigenvalue weighted by atomic mass is 32.2. The van der Waals surface area contributed by atoms with E-state index >= 15 is 0 Å². The molecule has 4 nitrogen and oxygen atoms in total. The highest BCUT2D eigenvalue weighted by molar-refractivity contribution is 7.98. The molecule has 0 aliphatic rings. The van der Waals surface area contributed by atoms with E-state index in [2.05, 4.69) is 47.6 Å². The second kappa shape index (κ2) is 6.73. The van der Waals surface area contributed by atoms with Crippen LogP contribution in [-0.4, -0.2) is 22.1 Å². The van der Waals surface area contributed by atoms with Crippen molar-refractivity contribution in [2.24, 2.45) is 5.73 Å². The molecule has 0 aliphatic heterocycles. The Morgan fingerprint density at radius 1 is 1.32 bits per heavy atom. The molecule has 2 N–H and O–H groups in total. The lowest BCUT2D eigenvalue weighted by molar-refractivity contribution is 0.349. The SMILES string of the molecule is CSCC[C@@H](N)c1nc(Cc2ccc(C)cc2)no1. The smallest absolute Gasteiger partial charge is 0.243 e. The molecule has 1 aromatic heterocycles. The lowest BCUT2D eigenvalue weighted by Crippen LogP contribution is -2.11. The number of benzene rings is 1. The zero-order valence-electron chi connectivity index (χ0n) is 11.3. The topological polar surface area (TPSA) is 64.9 Å². The first-order valence-corrected chi connectivity index (χ1v) is 7.71. The van der Waals surface area contributed by atoms with Crippen molar-refractivity contribution in [3.63, 3.8) is 0 Å². The summed E-state index contributed by atoms with van der Waals surface area (Å²) in [6.45, 7) is 2.07. The van der Waals surface area contributed by atoms with Gasteiger partial charge < -0.3 is 10.3 Å². The summed E-state index contributed by atoms with van der Waals surface area (Å²) < 4.78 is 5.22. The molecule has 102 valence electrons. The van der Waals surface area contributed by atoms with Crippen LogP contribution in [0.2, 0.25) is 0 Å². The van der Waals surface area contributed by atoms with Gasteiger partial charge in [-0.3, -0.25) is 0 Å². The van der Waals surface area contributed by atoms with Crippen LogP contribution in [0.4, 0.5) is 0 Å². The van der Waals surface area contributed by atoms with Gasteiger partial charge in [-0.25, -0.2) is 0 Å². The largest absolute Gasteiger partial charge is 0.338 e. The minimum Gasteiger partial charge on any atom is -0.338 e. The van der Waals surface area contributed by atoms with E-state index in [9.17, 15) is 0 Å². The highest BCUT2D eigenvalue weighted by Crippen LogP contribution is 2.15. The standard InChI is InChI=1S/C14H19N3OS/c1-10-3-5-11(6-4-10)9-13-16-14(18-17-13)12(15)7-8-19-2/h3-6,12H,7-9,15H2,1-2H3/t12-/m1/s1. The van der Waals surface area contributed by atoms with Crippen LogP contribution in [0.1, 0.15) is 35.3 Å². The Labute approximate surface area is 117 Å². The van der Waals surface area contributed by atoms with Crippen molar-refractivity contribution >= 4 is 11.8 Å². The van der Waals surface area contributed by atoms with Gasteiger partial charge >= 0.3 is 0 Å². The van der Waals surface area contributed by atoms with Gasteiger partial charge in [-0.1, -0.05) is 35.0 Å². The molecule has 5 heteroatoms. The Morgan fingerprint density at radius 2 is 2.05 bits per heavy atom. The van der Waals surface area contributed by atoms with E-state index in [1.807, 2.05) is 0 Å². The molecule has 0 saturated heterocycles. The molecule has 0 fully saturated rings. The molecule has 1 heterocycles. The molecule has 0 unspecified atom stereocenters. The van der Waals surface area contributed by atoms with Gasteiger partial charge in [0.1, 0.15) is 0 Å². The van der Waals surface area contributed by atoms with Crippen molar-refractivity contribution in [2.45, 2.75) is 25.8 Å². The van der Waals surface area contributed by atoms with Gasteiger partial charge in [-0.2, -0.15) is 16.7 Å². The van der Waals surface area contributed by atoms with Gasteiger partial charge in [0.2, 0.25) is 5.89 Å². The molecule has 1 aromatic carbocycles. The van der Waals surface area contributed by atoms with Crippen LogP contribution in [-0.2, 0) is 6.42 Å². The van der Waals surface area contributed by atoms with E-state index in [0.717, 1.165) is 12.2 Å². The number of aromatic nitrogens is 2. The number of hydrogen-bond acceptors (Lipinski definition) is 5. The summed E-state index contributed by atoms with van der Waals surface area (Å²) in [5.74, 6) is 2.23. The van der Waals surface area contributed by atoms with Crippen LogP contribution in [0.25, 0.3) is 0 Å². The van der Waals surface area contributed by atoms with Crippen LogP contribution < -0.4 is 5.73 Å². The third kappa shape index (κ3) is 4.08. The van der Waals surface area contributed by atoms with Gasteiger partial charge in [0.15, 0.2) is 5.82 Å². The Morgan fingerprint density at radius 3 is 2.74 bits per heavy atom. The van der Waals surface area contributed by atoms with E-state index in [1.54, 1.807) is 11.8 Å². The fraction of sp³-hybridized carbons (Fsp3) is 0.429. The summed E-state index contributed by atoms with van der Waals surface area (Å²) in [6, 6.07) is 8.17. The number of nitrogens with two attached hydrogens (primary N) is 1. The highest BCUT2D eigenvalue weighted by Gasteiger charge is 2.14. The summed E-state index contributed by atoms with van der Waals surface area (Å²) in [5, 5.41) is 3.99. The maximum Gasteiger partial charge on any atom is 0.243 e. The van der Waals surface area contributed by atoms with Crippen molar-refractivity contribution in [3.05, 3.63) is 47.1 Å². The molecule has 1 atom stereocenters. The van der Waals surface area contributed by atoms with Crippen LogP contribution in [0.15, 0.2) is 28.8 Å². The minimum atomic E-state index is -0.160. The van der Waals surface area contributed by atoms with Crippen LogP contribution >= 0.6 is 11.8 Å². The maximum absolute atomic E-state index is 6.00. The molecule has 0 bridgehead atoms. The summed E-state index contributed by atoms with van der Waals surface area (Å²) in [6.07, 6.45) is 3.59. The zero-order valence-corrected chi connectivity index (χ0v) is 12.1. The van der Waals surface area contributed by atoms with Gasteiger partial charge in [0.05, 0.1) is 6.04 Å². The molecular formula is C14H19N3OS. The Balaban J connectivity index is 1.98. The molecule has 0 amide bonds. The van der Waals surface area contributed by atoms with Gasteiger partial charge in [0, 0.05) is 6.42 Å². The molecule has 0 radical (unpaired) electrons. The quantitative estimate of drug-likeness (QED) is 0.879. The third-order valence-electron chi connectivity index (χ3n) is 2.92. The van der Waals surface area contributed by atoms with E-state index in [4.69, 9.17) is 10.3 Å². The van der Waals surface area contributed by atoms with E-state index in [1.165, 1.54) is 11.1 Å². The van der Waals surface area contributed by atoms with Crippen LogP contribution in [0, 0.1) is 6.92 Å². The predicted molar refractivity (Wildman–Crippen MR) is 78.2 cm³/mol. The Kier molecular flexibility index (Phi) is 4.99.